The predicted molar refractivity (Wildman–Crippen MR) is 88.9 cm³/mol. The zero-order chi connectivity index (χ0) is 17.3. The third kappa shape index (κ3) is 2.77. The lowest BCUT2D eigenvalue weighted by atomic mass is 9.71. The Morgan fingerprint density at radius 2 is 2.21 bits per heavy atom. The van der Waals surface area contributed by atoms with Crippen LogP contribution in [0.25, 0.3) is 0 Å². The summed E-state index contributed by atoms with van der Waals surface area (Å²) in [5.74, 6) is -0.467. The van der Waals surface area contributed by atoms with Gasteiger partial charge in [0.05, 0.1) is 4.92 Å². The van der Waals surface area contributed by atoms with E-state index in [9.17, 15) is 14.9 Å². The molecule has 24 heavy (non-hydrogen) atoms. The first kappa shape index (κ1) is 16.2. The molecule has 0 radical (unpaired) electrons. The molecule has 1 amide bonds. The molecule has 1 heterocycles. The fourth-order valence-electron chi connectivity index (χ4n) is 3.50. The van der Waals surface area contributed by atoms with E-state index in [1.54, 1.807) is 0 Å². The number of nitrogens with one attached hydrogen (secondary N) is 1. The number of carbonyl (C=O) groups excluding carboxylic acids is 1. The molecule has 3 rings (SSSR count). The molecule has 0 unspecified atom stereocenters. The SMILES string of the molecule is Cn1ncc([N+](=O)[O-])c1C(=O)NC[C@]1(C)CCCc2ccccc21. The van der Waals surface area contributed by atoms with Gasteiger partial charge in [0.15, 0.2) is 0 Å². The Hall–Kier alpha value is -2.70. The van der Waals surface area contributed by atoms with Gasteiger partial charge in [0.25, 0.3) is 5.91 Å². The maximum atomic E-state index is 12.5. The molecule has 0 saturated carbocycles. The van der Waals surface area contributed by atoms with Crippen LogP contribution in [0.1, 0.15) is 41.4 Å². The predicted octanol–water partition coefficient (Wildman–Crippen LogP) is 2.35. The van der Waals surface area contributed by atoms with Crippen molar-refractivity contribution in [3.63, 3.8) is 0 Å². The van der Waals surface area contributed by atoms with Gasteiger partial charge in [0, 0.05) is 19.0 Å². The van der Waals surface area contributed by atoms with Crippen LogP contribution in [-0.4, -0.2) is 27.2 Å². The molecule has 1 aliphatic rings. The highest BCUT2D eigenvalue weighted by atomic mass is 16.6. The summed E-state index contributed by atoms with van der Waals surface area (Å²) in [6, 6.07) is 8.27. The smallest absolute Gasteiger partial charge is 0.320 e. The van der Waals surface area contributed by atoms with E-state index in [4.69, 9.17) is 0 Å². The van der Waals surface area contributed by atoms with Crippen LogP contribution in [0.15, 0.2) is 30.5 Å². The van der Waals surface area contributed by atoms with Gasteiger partial charge in [-0.25, -0.2) is 0 Å². The van der Waals surface area contributed by atoms with Crippen molar-refractivity contribution in [2.45, 2.75) is 31.6 Å². The monoisotopic (exact) mass is 328 g/mol. The van der Waals surface area contributed by atoms with Gasteiger partial charge < -0.3 is 5.32 Å². The summed E-state index contributed by atoms with van der Waals surface area (Å²) in [7, 11) is 1.53. The fraction of sp³-hybridized carbons (Fsp3) is 0.412. The second-order valence-electron chi connectivity index (χ2n) is 6.51. The summed E-state index contributed by atoms with van der Waals surface area (Å²) < 4.78 is 1.24. The highest BCUT2D eigenvalue weighted by Gasteiger charge is 2.33. The van der Waals surface area contributed by atoms with Crippen molar-refractivity contribution in [2.75, 3.05) is 6.54 Å². The van der Waals surface area contributed by atoms with E-state index in [1.165, 1.54) is 22.9 Å². The van der Waals surface area contributed by atoms with E-state index in [2.05, 4.69) is 29.5 Å². The minimum Gasteiger partial charge on any atom is -0.350 e. The average Bonchev–Trinajstić information content (AvgIpc) is 2.95. The minimum atomic E-state index is -0.584. The molecule has 0 fully saturated rings. The number of benzene rings is 1. The van der Waals surface area contributed by atoms with Crippen LogP contribution in [0, 0.1) is 10.1 Å². The van der Waals surface area contributed by atoms with Crippen LogP contribution in [-0.2, 0) is 18.9 Å². The number of amides is 1. The first-order valence-corrected chi connectivity index (χ1v) is 7.95. The summed E-state index contributed by atoms with van der Waals surface area (Å²) in [4.78, 5) is 22.9. The van der Waals surface area contributed by atoms with Gasteiger partial charge in [-0.05, 0) is 30.4 Å². The topological polar surface area (TPSA) is 90.1 Å². The molecule has 0 saturated heterocycles. The third-order valence-corrected chi connectivity index (χ3v) is 4.81. The van der Waals surface area contributed by atoms with E-state index in [0.29, 0.717) is 6.54 Å². The van der Waals surface area contributed by atoms with Crippen LogP contribution < -0.4 is 5.32 Å². The Balaban J connectivity index is 1.81. The summed E-state index contributed by atoms with van der Waals surface area (Å²) >= 11 is 0. The molecule has 1 aromatic carbocycles. The van der Waals surface area contributed by atoms with Crippen molar-refractivity contribution in [1.29, 1.82) is 0 Å². The van der Waals surface area contributed by atoms with E-state index >= 15 is 0 Å². The third-order valence-electron chi connectivity index (χ3n) is 4.81. The lowest BCUT2D eigenvalue weighted by Gasteiger charge is -2.36. The van der Waals surface area contributed by atoms with Crippen molar-refractivity contribution < 1.29 is 9.72 Å². The maximum Gasteiger partial charge on any atom is 0.320 e. The average molecular weight is 328 g/mol. The minimum absolute atomic E-state index is 0.0207. The number of nitrogens with zero attached hydrogens (tertiary/aromatic N) is 3. The first-order valence-electron chi connectivity index (χ1n) is 7.95. The van der Waals surface area contributed by atoms with Crippen LogP contribution in [0.5, 0.6) is 0 Å². The Morgan fingerprint density at radius 1 is 1.46 bits per heavy atom. The largest absolute Gasteiger partial charge is 0.350 e. The number of nitro groups is 1. The van der Waals surface area contributed by atoms with E-state index in [1.807, 2.05) is 12.1 Å². The Kier molecular flexibility index (Phi) is 4.09. The van der Waals surface area contributed by atoms with Crippen LogP contribution in [0.3, 0.4) is 0 Å². The van der Waals surface area contributed by atoms with E-state index < -0.39 is 10.8 Å². The van der Waals surface area contributed by atoms with Crippen molar-refractivity contribution >= 4 is 11.6 Å². The summed E-state index contributed by atoms with van der Waals surface area (Å²) in [5.41, 5.74) is 2.10. The van der Waals surface area contributed by atoms with Crippen LogP contribution in [0.4, 0.5) is 5.69 Å². The molecule has 1 N–H and O–H groups in total. The molecule has 1 aliphatic carbocycles. The Labute approximate surface area is 139 Å². The first-order chi connectivity index (χ1) is 11.4. The van der Waals surface area contributed by atoms with E-state index in [-0.39, 0.29) is 16.8 Å². The lowest BCUT2D eigenvalue weighted by Crippen LogP contribution is -2.41. The molecule has 0 bridgehead atoms. The summed E-state index contributed by atoms with van der Waals surface area (Å²) in [6.45, 7) is 2.56. The molecule has 0 aliphatic heterocycles. The normalized spacial score (nSPS) is 19.6. The van der Waals surface area contributed by atoms with Crippen molar-refractivity contribution in [2.24, 2.45) is 7.05 Å². The molecule has 7 nitrogen and oxygen atoms in total. The molecular weight excluding hydrogens is 308 g/mol. The van der Waals surface area contributed by atoms with Crippen LogP contribution >= 0.6 is 0 Å². The van der Waals surface area contributed by atoms with E-state index in [0.717, 1.165) is 25.5 Å². The molecule has 1 aromatic heterocycles. The summed E-state index contributed by atoms with van der Waals surface area (Å²) in [5, 5.41) is 17.7. The number of hydrogen-bond donors (Lipinski definition) is 1. The Bertz CT molecular complexity index is 799. The molecule has 2 aromatic rings. The highest BCUT2D eigenvalue weighted by Crippen LogP contribution is 2.36. The summed E-state index contributed by atoms with van der Waals surface area (Å²) in [6.07, 6.45) is 4.19. The van der Waals surface area contributed by atoms with Crippen molar-refractivity contribution in [3.05, 3.63) is 57.4 Å². The molecule has 1 atom stereocenters. The lowest BCUT2D eigenvalue weighted by molar-refractivity contribution is -0.385. The number of aromatic nitrogens is 2. The molecule has 7 heteroatoms. The van der Waals surface area contributed by atoms with Crippen molar-refractivity contribution in [1.82, 2.24) is 15.1 Å². The number of hydrogen-bond acceptors (Lipinski definition) is 4. The van der Waals surface area contributed by atoms with Gasteiger partial charge in [-0.15, -0.1) is 0 Å². The second kappa shape index (κ2) is 6.07. The Morgan fingerprint density at radius 3 is 2.96 bits per heavy atom. The number of rotatable bonds is 4. The van der Waals surface area contributed by atoms with Gasteiger partial charge in [-0.3, -0.25) is 19.6 Å². The van der Waals surface area contributed by atoms with Crippen LogP contribution in [0.2, 0.25) is 0 Å². The standard InChI is InChI=1S/C17H20N4O3/c1-17(9-5-7-12-6-3-4-8-13(12)17)11-18-16(22)15-14(21(23)24)10-19-20(15)2/h3-4,6,8,10H,5,7,9,11H2,1-2H3,(H,18,22)/t17-/m0/s1. The van der Waals surface area contributed by atoms with Crippen molar-refractivity contribution in [3.8, 4) is 0 Å². The van der Waals surface area contributed by atoms with Gasteiger partial charge in [0.1, 0.15) is 6.20 Å². The number of carbonyl (C=O) groups is 1. The van der Waals surface area contributed by atoms with Gasteiger partial charge >= 0.3 is 5.69 Å². The quantitative estimate of drug-likeness (QED) is 0.689. The number of aryl methyl sites for hydroxylation is 2. The highest BCUT2D eigenvalue weighted by molar-refractivity contribution is 5.96. The molecule has 0 spiro atoms. The molecule has 126 valence electrons. The van der Waals surface area contributed by atoms with Gasteiger partial charge in [-0.1, -0.05) is 31.2 Å². The number of fused-ring (bicyclic) bond motifs is 1. The zero-order valence-corrected chi connectivity index (χ0v) is 13.8. The second-order valence-corrected chi connectivity index (χ2v) is 6.51. The van der Waals surface area contributed by atoms with Gasteiger partial charge in [-0.2, -0.15) is 5.10 Å². The maximum absolute atomic E-state index is 12.5. The zero-order valence-electron chi connectivity index (χ0n) is 13.8. The fourth-order valence-corrected chi connectivity index (χ4v) is 3.50. The molecular formula is C17H20N4O3. The van der Waals surface area contributed by atoms with Gasteiger partial charge in [0.2, 0.25) is 5.69 Å².